The molecular formula is C25H22N4O2. The highest BCUT2D eigenvalue weighted by molar-refractivity contribution is 5.79. The molecule has 0 bridgehead atoms. The average Bonchev–Trinajstić information content (AvgIpc) is 3.28. The molecule has 0 N–H and O–H groups in total. The Balaban J connectivity index is 1.25. The largest absolute Gasteiger partial charge is 0.341 e. The maximum absolute atomic E-state index is 13.0. The Morgan fingerprint density at radius 3 is 2.19 bits per heavy atom. The van der Waals surface area contributed by atoms with Gasteiger partial charge in [0.2, 0.25) is 17.6 Å². The van der Waals surface area contributed by atoms with E-state index in [-0.39, 0.29) is 17.7 Å². The van der Waals surface area contributed by atoms with Gasteiger partial charge >= 0.3 is 0 Å². The molecular weight excluding hydrogens is 388 g/mol. The number of rotatable bonds is 6. The molecule has 0 unspecified atom stereocenters. The lowest BCUT2D eigenvalue weighted by atomic mass is 9.87. The smallest absolute Gasteiger partial charge is 0.233 e. The standard InChI is InChI=1S/C25H22N4O2/c30-23(15-21(18-9-3-1-4-10-18)19-11-5-2-6-12-19)29-16-20(17-29)25-27-24(28-31-25)22-13-7-8-14-26-22/h1-14,20-21H,15-17H2. The van der Waals surface area contributed by atoms with E-state index in [0.717, 1.165) is 11.1 Å². The van der Waals surface area contributed by atoms with Crippen LogP contribution < -0.4 is 0 Å². The Bertz CT molecular complexity index is 1100. The highest BCUT2D eigenvalue weighted by Crippen LogP contribution is 2.32. The zero-order chi connectivity index (χ0) is 21.0. The highest BCUT2D eigenvalue weighted by atomic mass is 16.5. The van der Waals surface area contributed by atoms with Gasteiger partial charge in [0.1, 0.15) is 5.69 Å². The summed E-state index contributed by atoms with van der Waals surface area (Å²) in [5.74, 6) is 1.29. The van der Waals surface area contributed by atoms with Crippen LogP contribution in [-0.2, 0) is 4.79 Å². The third kappa shape index (κ3) is 4.10. The SMILES string of the molecule is O=C(CC(c1ccccc1)c1ccccc1)N1CC(c2nc(-c3ccccn3)no2)C1. The first-order chi connectivity index (χ1) is 15.3. The van der Waals surface area contributed by atoms with Gasteiger partial charge in [-0.3, -0.25) is 9.78 Å². The molecule has 2 aromatic carbocycles. The minimum absolute atomic E-state index is 0.0353. The first-order valence-corrected chi connectivity index (χ1v) is 10.4. The third-order valence-corrected chi connectivity index (χ3v) is 5.70. The number of pyridine rings is 1. The molecule has 1 aliphatic heterocycles. The van der Waals surface area contributed by atoms with Crippen molar-refractivity contribution in [1.29, 1.82) is 0 Å². The van der Waals surface area contributed by atoms with Crippen molar-refractivity contribution in [2.24, 2.45) is 0 Å². The van der Waals surface area contributed by atoms with Crippen LogP contribution in [0.4, 0.5) is 0 Å². The van der Waals surface area contributed by atoms with Gasteiger partial charge in [0.25, 0.3) is 0 Å². The molecule has 31 heavy (non-hydrogen) atoms. The van der Waals surface area contributed by atoms with Gasteiger partial charge in [-0.2, -0.15) is 4.98 Å². The van der Waals surface area contributed by atoms with E-state index in [0.29, 0.717) is 36.9 Å². The number of likely N-dealkylation sites (tertiary alicyclic amines) is 1. The van der Waals surface area contributed by atoms with E-state index in [1.165, 1.54) is 0 Å². The van der Waals surface area contributed by atoms with E-state index in [1.807, 2.05) is 59.5 Å². The van der Waals surface area contributed by atoms with Crippen LogP contribution in [0.15, 0.2) is 89.6 Å². The fourth-order valence-electron chi connectivity index (χ4n) is 3.94. The van der Waals surface area contributed by atoms with E-state index in [1.54, 1.807) is 6.20 Å². The lowest BCUT2D eigenvalue weighted by Crippen LogP contribution is -2.48. The number of nitrogens with zero attached hydrogens (tertiary/aromatic N) is 4. The maximum atomic E-state index is 13.0. The quantitative estimate of drug-likeness (QED) is 0.474. The van der Waals surface area contributed by atoms with E-state index in [9.17, 15) is 4.79 Å². The van der Waals surface area contributed by atoms with Crippen molar-refractivity contribution in [3.05, 3.63) is 102 Å². The number of benzene rings is 2. The molecule has 6 heteroatoms. The van der Waals surface area contributed by atoms with Crippen LogP contribution in [0.25, 0.3) is 11.5 Å². The molecule has 1 amide bonds. The van der Waals surface area contributed by atoms with Crippen molar-refractivity contribution in [3.63, 3.8) is 0 Å². The number of hydrogen-bond donors (Lipinski definition) is 0. The summed E-state index contributed by atoms with van der Waals surface area (Å²) in [6.45, 7) is 1.19. The van der Waals surface area contributed by atoms with Gasteiger partial charge in [0.15, 0.2) is 0 Å². The van der Waals surface area contributed by atoms with Crippen LogP contribution in [0, 0.1) is 0 Å². The third-order valence-electron chi connectivity index (χ3n) is 5.70. The summed E-state index contributed by atoms with van der Waals surface area (Å²) >= 11 is 0. The lowest BCUT2D eigenvalue weighted by Gasteiger charge is -2.38. The zero-order valence-corrected chi connectivity index (χ0v) is 17.0. The topological polar surface area (TPSA) is 72.1 Å². The van der Waals surface area contributed by atoms with Crippen molar-refractivity contribution >= 4 is 5.91 Å². The lowest BCUT2D eigenvalue weighted by molar-refractivity contribution is -0.136. The fourth-order valence-corrected chi connectivity index (χ4v) is 3.94. The second-order valence-corrected chi connectivity index (χ2v) is 7.74. The minimum Gasteiger partial charge on any atom is -0.341 e. The molecule has 0 atom stereocenters. The molecule has 3 heterocycles. The van der Waals surface area contributed by atoms with Crippen molar-refractivity contribution in [2.75, 3.05) is 13.1 Å². The maximum Gasteiger partial charge on any atom is 0.233 e. The van der Waals surface area contributed by atoms with Crippen molar-refractivity contribution in [1.82, 2.24) is 20.0 Å². The number of hydrogen-bond acceptors (Lipinski definition) is 5. The van der Waals surface area contributed by atoms with E-state index in [2.05, 4.69) is 39.4 Å². The molecule has 5 rings (SSSR count). The molecule has 154 valence electrons. The molecule has 2 aromatic heterocycles. The zero-order valence-electron chi connectivity index (χ0n) is 17.0. The molecule has 0 radical (unpaired) electrons. The summed E-state index contributed by atoms with van der Waals surface area (Å²) in [5.41, 5.74) is 2.98. The summed E-state index contributed by atoms with van der Waals surface area (Å²) in [7, 11) is 0. The van der Waals surface area contributed by atoms with Crippen LogP contribution in [-0.4, -0.2) is 39.0 Å². The molecule has 4 aromatic rings. The van der Waals surface area contributed by atoms with E-state index >= 15 is 0 Å². The molecule has 0 aliphatic carbocycles. The number of carbonyl (C=O) groups excluding carboxylic acids is 1. The Hall–Kier alpha value is -3.80. The minimum atomic E-state index is 0.0353. The second kappa shape index (κ2) is 8.52. The van der Waals surface area contributed by atoms with Crippen molar-refractivity contribution in [2.45, 2.75) is 18.3 Å². The Kier molecular flexibility index (Phi) is 5.27. The van der Waals surface area contributed by atoms with E-state index < -0.39 is 0 Å². The van der Waals surface area contributed by atoms with Gasteiger partial charge in [-0.05, 0) is 23.3 Å². The highest BCUT2D eigenvalue weighted by Gasteiger charge is 2.36. The van der Waals surface area contributed by atoms with Gasteiger partial charge in [0.05, 0.1) is 5.92 Å². The van der Waals surface area contributed by atoms with Gasteiger partial charge in [0, 0.05) is 31.6 Å². The summed E-state index contributed by atoms with van der Waals surface area (Å²) in [6.07, 6.45) is 2.13. The summed E-state index contributed by atoms with van der Waals surface area (Å²) in [6, 6.07) is 26.0. The predicted octanol–water partition coefficient (Wildman–Crippen LogP) is 4.28. The van der Waals surface area contributed by atoms with Gasteiger partial charge in [-0.25, -0.2) is 0 Å². The number of amides is 1. The normalized spacial score (nSPS) is 13.9. The molecule has 1 fully saturated rings. The summed E-state index contributed by atoms with van der Waals surface area (Å²) < 4.78 is 5.43. The summed E-state index contributed by atoms with van der Waals surface area (Å²) in [5, 5.41) is 4.03. The summed E-state index contributed by atoms with van der Waals surface area (Å²) in [4.78, 5) is 23.6. The van der Waals surface area contributed by atoms with Crippen molar-refractivity contribution < 1.29 is 9.32 Å². The van der Waals surface area contributed by atoms with Gasteiger partial charge in [-0.15, -0.1) is 0 Å². The Morgan fingerprint density at radius 1 is 0.935 bits per heavy atom. The Labute approximate surface area is 180 Å². The first-order valence-electron chi connectivity index (χ1n) is 10.4. The molecule has 0 spiro atoms. The van der Waals surface area contributed by atoms with E-state index in [4.69, 9.17) is 4.52 Å². The van der Waals surface area contributed by atoms with Gasteiger partial charge in [-0.1, -0.05) is 71.9 Å². The number of aromatic nitrogens is 3. The molecule has 1 saturated heterocycles. The Morgan fingerprint density at radius 2 is 1.58 bits per heavy atom. The second-order valence-electron chi connectivity index (χ2n) is 7.74. The molecule has 1 aliphatic rings. The molecule has 0 saturated carbocycles. The van der Waals surface area contributed by atoms with Crippen LogP contribution in [0.3, 0.4) is 0 Å². The molecule has 6 nitrogen and oxygen atoms in total. The number of carbonyl (C=O) groups is 1. The van der Waals surface area contributed by atoms with Gasteiger partial charge < -0.3 is 9.42 Å². The monoisotopic (exact) mass is 410 g/mol. The van der Waals surface area contributed by atoms with Crippen molar-refractivity contribution in [3.8, 4) is 11.5 Å². The fraction of sp³-hybridized carbons (Fsp3) is 0.200. The van der Waals surface area contributed by atoms with Crippen LogP contribution in [0.5, 0.6) is 0 Å². The van der Waals surface area contributed by atoms with Crippen LogP contribution in [0.2, 0.25) is 0 Å². The average molecular weight is 410 g/mol. The first kappa shape index (κ1) is 19.2. The van der Waals surface area contributed by atoms with Crippen LogP contribution in [0.1, 0.15) is 35.3 Å². The van der Waals surface area contributed by atoms with Crippen LogP contribution >= 0.6 is 0 Å². The predicted molar refractivity (Wildman–Crippen MR) is 116 cm³/mol.